The number of hydrogen-bond donors (Lipinski definition) is 2. The Hall–Kier alpha value is -2.61. The van der Waals surface area contributed by atoms with Crippen LogP contribution in [0.4, 0.5) is 11.8 Å². The molecule has 2 aromatic heterocycles. The predicted molar refractivity (Wildman–Crippen MR) is 82.9 cm³/mol. The van der Waals surface area contributed by atoms with Crippen molar-refractivity contribution in [1.29, 1.82) is 0 Å². The van der Waals surface area contributed by atoms with Crippen molar-refractivity contribution in [2.45, 2.75) is 25.8 Å². The van der Waals surface area contributed by atoms with E-state index in [1.54, 1.807) is 36.4 Å². The third-order valence-electron chi connectivity index (χ3n) is 3.71. The highest BCUT2D eigenvalue weighted by Gasteiger charge is 2.30. The molecule has 1 amide bonds. The Labute approximate surface area is 133 Å². The number of amides is 1. The maximum absolute atomic E-state index is 11.9. The van der Waals surface area contributed by atoms with Crippen LogP contribution < -0.4 is 5.32 Å². The Bertz CT molecular complexity index is 694. The fraction of sp³-hybridized carbons (Fsp3) is 0.400. The van der Waals surface area contributed by atoms with E-state index in [9.17, 15) is 4.79 Å². The van der Waals surface area contributed by atoms with E-state index in [1.165, 1.54) is 0 Å². The van der Waals surface area contributed by atoms with Crippen LogP contribution in [-0.2, 0) is 4.79 Å². The van der Waals surface area contributed by atoms with Gasteiger partial charge in [0.1, 0.15) is 18.2 Å². The van der Waals surface area contributed by atoms with Crippen LogP contribution in [0.5, 0.6) is 0 Å². The number of aliphatic hydroxyl groups excluding tert-OH is 1. The molecule has 1 fully saturated rings. The van der Waals surface area contributed by atoms with Gasteiger partial charge in [0.25, 0.3) is 0 Å². The molecular weight excluding hydrogens is 296 g/mol. The van der Waals surface area contributed by atoms with E-state index in [0.29, 0.717) is 24.1 Å². The largest absolute Gasteiger partial charge is 0.387 e. The molecule has 120 valence electrons. The van der Waals surface area contributed by atoms with Crippen molar-refractivity contribution in [2.75, 3.05) is 18.5 Å². The van der Waals surface area contributed by atoms with E-state index in [4.69, 9.17) is 5.11 Å². The van der Waals surface area contributed by atoms with Crippen molar-refractivity contribution < 1.29 is 9.90 Å². The second kappa shape index (κ2) is 6.66. The minimum atomic E-state index is -0.483. The van der Waals surface area contributed by atoms with Gasteiger partial charge >= 0.3 is 0 Å². The lowest BCUT2D eigenvalue weighted by molar-refractivity contribution is -0.135. The first-order chi connectivity index (χ1) is 11.2. The van der Waals surface area contributed by atoms with Crippen molar-refractivity contribution in [2.24, 2.45) is 0 Å². The van der Waals surface area contributed by atoms with Gasteiger partial charge in [0, 0.05) is 25.0 Å². The Balaban J connectivity index is 1.87. The number of likely N-dealkylation sites (tertiary alicyclic amines) is 1. The molecule has 0 aliphatic carbocycles. The van der Waals surface area contributed by atoms with E-state index in [0.717, 1.165) is 18.5 Å². The van der Waals surface area contributed by atoms with Gasteiger partial charge in [0.2, 0.25) is 11.9 Å². The predicted octanol–water partition coefficient (Wildman–Crippen LogP) is 0.974. The van der Waals surface area contributed by atoms with Crippen molar-refractivity contribution in [1.82, 2.24) is 24.8 Å². The van der Waals surface area contributed by atoms with Crippen LogP contribution in [0.15, 0.2) is 24.5 Å². The maximum Gasteiger partial charge on any atom is 0.248 e. The average molecular weight is 314 g/mol. The second-order valence-corrected chi connectivity index (χ2v) is 5.33. The van der Waals surface area contributed by atoms with Gasteiger partial charge in [-0.3, -0.25) is 4.79 Å². The molecular formula is C15H18N6O2. The molecule has 0 unspecified atom stereocenters. The van der Waals surface area contributed by atoms with Crippen LogP contribution in [0.2, 0.25) is 0 Å². The third kappa shape index (κ3) is 3.42. The van der Waals surface area contributed by atoms with Crippen LogP contribution in [0.1, 0.15) is 30.4 Å². The molecule has 0 bridgehead atoms. The molecule has 23 heavy (non-hydrogen) atoms. The van der Waals surface area contributed by atoms with E-state index in [-0.39, 0.29) is 11.9 Å². The lowest BCUT2D eigenvalue weighted by Crippen LogP contribution is -2.33. The smallest absolute Gasteiger partial charge is 0.248 e. The molecule has 0 radical (unpaired) electrons. The summed E-state index contributed by atoms with van der Waals surface area (Å²) in [5, 5.41) is 12.2. The summed E-state index contributed by atoms with van der Waals surface area (Å²) in [5.74, 6) is 1.36. The number of carbonyl (C=O) groups is 1. The highest BCUT2D eigenvalue weighted by atomic mass is 16.3. The highest BCUT2D eigenvalue weighted by Crippen LogP contribution is 2.31. The summed E-state index contributed by atoms with van der Waals surface area (Å²) in [6, 6.07) is 3.41. The number of nitrogens with one attached hydrogen (secondary N) is 1. The summed E-state index contributed by atoms with van der Waals surface area (Å²) < 4.78 is 0. The van der Waals surface area contributed by atoms with Crippen molar-refractivity contribution in [3.05, 3.63) is 36.0 Å². The van der Waals surface area contributed by atoms with Crippen molar-refractivity contribution in [3.63, 3.8) is 0 Å². The van der Waals surface area contributed by atoms with Crippen LogP contribution in [0.25, 0.3) is 0 Å². The third-order valence-corrected chi connectivity index (χ3v) is 3.71. The van der Waals surface area contributed by atoms with Gasteiger partial charge in [-0.1, -0.05) is 0 Å². The number of hydrogen-bond acceptors (Lipinski definition) is 7. The molecule has 1 saturated heterocycles. The van der Waals surface area contributed by atoms with Gasteiger partial charge in [-0.25, -0.2) is 19.9 Å². The van der Waals surface area contributed by atoms with Crippen molar-refractivity contribution in [3.8, 4) is 0 Å². The topological polar surface area (TPSA) is 104 Å². The van der Waals surface area contributed by atoms with Gasteiger partial charge in [-0.2, -0.15) is 0 Å². The highest BCUT2D eigenvalue weighted by molar-refractivity contribution is 5.78. The van der Waals surface area contributed by atoms with Gasteiger partial charge in [-0.15, -0.1) is 0 Å². The van der Waals surface area contributed by atoms with Gasteiger partial charge in [-0.05, 0) is 25.8 Å². The number of aliphatic hydroxyl groups is 1. The van der Waals surface area contributed by atoms with Crippen molar-refractivity contribution >= 4 is 17.7 Å². The maximum atomic E-state index is 11.9. The van der Waals surface area contributed by atoms with E-state index >= 15 is 0 Å². The second-order valence-electron chi connectivity index (χ2n) is 5.33. The standard InChI is InChI=1S/C15H18N6O2/c1-10-18-11(12-4-2-7-21(12)14(23)9-22)8-13(19-10)20-15-16-5-3-6-17-15/h3,5-6,8,12,22H,2,4,7,9H2,1H3,(H,16,17,18,19,20)/t12-/m1/s1. The van der Waals surface area contributed by atoms with Crippen LogP contribution in [-0.4, -0.2) is 49.0 Å². The zero-order valence-electron chi connectivity index (χ0n) is 12.8. The first-order valence-corrected chi connectivity index (χ1v) is 7.47. The number of aromatic nitrogens is 4. The fourth-order valence-electron chi connectivity index (χ4n) is 2.77. The van der Waals surface area contributed by atoms with Gasteiger partial charge in [0.15, 0.2) is 0 Å². The van der Waals surface area contributed by atoms with Gasteiger partial charge < -0.3 is 15.3 Å². The number of rotatable bonds is 4. The van der Waals surface area contributed by atoms with Crippen LogP contribution in [0, 0.1) is 6.92 Å². The number of aryl methyl sites for hydroxylation is 1. The monoisotopic (exact) mass is 314 g/mol. The Morgan fingerprint density at radius 2 is 2.17 bits per heavy atom. The SMILES string of the molecule is Cc1nc(Nc2ncccn2)cc([C@H]2CCCN2C(=O)CO)n1. The lowest BCUT2D eigenvalue weighted by atomic mass is 10.1. The first-order valence-electron chi connectivity index (χ1n) is 7.47. The molecule has 1 aliphatic heterocycles. The molecule has 2 N–H and O–H groups in total. The molecule has 2 aromatic rings. The molecule has 8 heteroatoms. The number of anilines is 2. The minimum Gasteiger partial charge on any atom is -0.387 e. The Kier molecular flexibility index (Phi) is 4.42. The Morgan fingerprint density at radius 3 is 2.91 bits per heavy atom. The average Bonchev–Trinajstić information content (AvgIpc) is 3.04. The zero-order valence-corrected chi connectivity index (χ0v) is 12.8. The molecule has 1 atom stereocenters. The molecule has 1 aliphatic rings. The Morgan fingerprint density at radius 1 is 1.39 bits per heavy atom. The van der Waals surface area contributed by atoms with E-state index in [2.05, 4.69) is 25.3 Å². The minimum absolute atomic E-state index is 0.131. The summed E-state index contributed by atoms with van der Waals surface area (Å²) in [6.45, 7) is 1.95. The molecule has 3 rings (SSSR count). The quantitative estimate of drug-likeness (QED) is 0.866. The zero-order chi connectivity index (χ0) is 16.2. The molecule has 8 nitrogen and oxygen atoms in total. The molecule has 0 saturated carbocycles. The summed E-state index contributed by atoms with van der Waals surface area (Å²) in [7, 11) is 0. The van der Waals surface area contributed by atoms with E-state index in [1.807, 2.05) is 0 Å². The summed E-state index contributed by atoms with van der Waals surface area (Å²) in [5.41, 5.74) is 0.759. The lowest BCUT2D eigenvalue weighted by Gasteiger charge is -2.24. The number of carbonyl (C=O) groups excluding carboxylic acids is 1. The van der Waals surface area contributed by atoms with Crippen LogP contribution in [0.3, 0.4) is 0 Å². The van der Waals surface area contributed by atoms with Crippen LogP contribution >= 0.6 is 0 Å². The molecule has 3 heterocycles. The molecule has 0 aromatic carbocycles. The normalized spacial score (nSPS) is 17.3. The summed E-state index contributed by atoms with van der Waals surface area (Å²) in [4.78, 5) is 30.5. The first kappa shape index (κ1) is 15.3. The summed E-state index contributed by atoms with van der Waals surface area (Å²) in [6.07, 6.45) is 5.00. The number of nitrogens with zero attached hydrogens (tertiary/aromatic N) is 5. The van der Waals surface area contributed by atoms with E-state index < -0.39 is 6.61 Å². The fourth-order valence-corrected chi connectivity index (χ4v) is 2.77. The summed E-state index contributed by atoms with van der Waals surface area (Å²) >= 11 is 0. The van der Waals surface area contributed by atoms with Gasteiger partial charge in [0.05, 0.1) is 11.7 Å². The molecule has 0 spiro atoms.